The summed E-state index contributed by atoms with van der Waals surface area (Å²) in [7, 11) is 2.15. The normalized spacial score (nSPS) is 31.2. The van der Waals surface area contributed by atoms with E-state index < -0.39 is 0 Å². The van der Waals surface area contributed by atoms with Gasteiger partial charge in [-0.15, -0.1) is 0 Å². The Morgan fingerprint density at radius 1 is 1.17 bits per heavy atom. The maximum Gasteiger partial charge on any atom is 0.220 e. The summed E-state index contributed by atoms with van der Waals surface area (Å²) >= 11 is 0. The molecule has 0 radical (unpaired) electrons. The standard InChI is InChI=1S/C14H27N3O/c1-17-8-6-11(7-9-17)10-14(18)16-13-4-2-12(15)3-5-13/h11-13H,2-10,15H2,1H3,(H,16,18). The van der Waals surface area contributed by atoms with E-state index in [-0.39, 0.29) is 5.91 Å². The van der Waals surface area contributed by atoms with E-state index in [2.05, 4.69) is 17.3 Å². The number of nitrogens with zero attached hydrogens (tertiary/aromatic N) is 1. The van der Waals surface area contributed by atoms with Crippen LogP contribution in [0.5, 0.6) is 0 Å². The highest BCUT2D eigenvalue weighted by Crippen LogP contribution is 2.21. The van der Waals surface area contributed by atoms with Gasteiger partial charge in [0.2, 0.25) is 5.91 Å². The third-order valence-corrected chi connectivity index (χ3v) is 4.45. The summed E-state index contributed by atoms with van der Waals surface area (Å²) in [6.45, 7) is 2.27. The van der Waals surface area contributed by atoms with Gasteiger partial charge in [0.05, 0.1) is 0 Å². The molecule has 18 heavy (non-hydrogen) atoms. The monoisotopic (exact) mass is 253 g/mol. The first-order chi connectivity index (χ1) is 8.63. The molecule has 1 saturated carbocycles. The van der Waals surface area contributed by atoms with E-state index in [1.807, 2.05) is 0 Å². The quantitative estimate of drug-likeness (QED) is 0.792. The maximum atomic E-state index is 12.0. The van der Waals surface area contributed by atoms with Crippen molar-refractivity contribution in [3.8, 4) is 0 Å². The lowest BCUT2D eigenvalue weighted by Gasteiger charge is -2.30. The van der Waals surface area contributed by atoms with Gasteiger partial charge in [-0.3, -0.25) is 4.79 Å². The Morgan fingerprint density at radius 3 is 2.39 bits per heavy atom. The van der Waals surface area contributed by atoms with Crippen LogP contribution >= 0.6 is 0 Å². The van der Waals surface area contributed by atoms with Crippen molar-refractivity contribution in [2.24, 2.45) is 11.7 Å². The Kier molecular flexibility index (Phi) is 5.01. The Hall–Kier alpha value is -0.610. The minimum Gasteiger partial charge on any atom is -0.353 e. The number of hydrogen-bond donors (Lipinski definition) is 2. The Balaban J connectivity index is 1.66. The second kappa shape index (κ2) is 6.53. The molecule has 0 atom stereocenters. The van der Waals surface area contributed by atoms with Gasteiger partial charge in [-0.05, 0) is 64.6 Å². The molecule has 1 aliphatic heterocycles. The second-order valence-corrected chi connectivity index (χ2v) is 6.13. The molecule has 3 N–H and O–H groups in total. The van der Waals surface area contributed by atoms with Crippen molar-refractivity contribution in [3.05, 3.63) is 0 Å². The van der Waals surface area contributed by atoms with E-state index in [1.54, 1.807) is 0 Å². The number of nitrogens with two attached hydrogens (primary N) is 1. The van der Waals surface area contributed by atoms with Gasteiger partial charge in [0, 0.05) is 18.5 Å². The number of nitrogens with one attached hydrogen (secondary N) is 1. The summed E-state index contributed by atoms with van der Waals surface area (Å²) in [5, 5.41) is 3.19. The first kappa shape index (κ1) is 13.8. The molecule has 2 aliphatic rings. The third-order valence-electron chi connectivity index (χ3n) is 4.45. The van der Waals surface area contributed by atoms with Crippen molar-refractivity contribution in [2.45, 2.75) is 57.0 Å². The molecule has 1 amide bonds. The van der Waals surface area contributed by atoms with Gasteiger partial charge in [-0.1, -0.05) is 0 Å². The molecule has 0 aromatic rings. The lowest BCUT2D eigenvalue weighted by Crippen LogP contribution is -2.41. The van der Waals surface area contributed by atoms with Crippen molar-refractivity contribution in [2.75, 3.05) is 20.1 Å². The Bertz CT molecular complexity index is 240. The fraction of sp³-hybridized carbons (Fsp3) is 0.929. The summed E-state index contributed by atoms with van der Waals surface area (Å²) in [6.07, 6.45) is 7.27. The molecule has 0 bridgehead atoms. The van der Waals surface area contributed by atoms with Crippen molar-refractivity contribution < 1.29 is 4.79 Å². The van der Waals surface area contributed by atoms with E-state index in [1.165, 1.54) is 12.8 Å². The van der Waals surface area contributed by atoms with Gasteiger partial charge in [-0.2, -0.15) is 0 Å². The zero-order valence-corrected chi connectivity index (χ0v) is 11.5. The van der Waals surface area contributed by atoms with Crippen LogP contribution in [0.25, 0.3) is 0 Å². The molecule has 0 spiro atoms. The smallest absolute Gasteiger partial charge is 0.220 e. The minimum absolute atomic E-state index is 0.255. The number of hydrogen-bond acceptors (Lipinski definition) is 3. The summed E-state index contributed by atoms with van der Waals surface area (Å²) in [5.41, 5.74) is 5.87. The summed E-state index contributed by atoms with van der Waals surface area (Å²) in [4.78, 5) is 14.3. The molecule has 104 valence electrons. The molecular formula is C14H27N3O. The minimum atomic E-state index is 0.255. The van der Waals surface area contributed by atoms with Gasteiger partial charge in [0.25, 0.3) is 0 Å². The lowest BCUT2D eigenvalue weighted by atomic mass is 9.90. The van der Waals surface area contributed by atoms with Crippen LogP contribution in [0.1, 0.15) is 44.9 Å². The highest BCUT2D eigenvalue weighted by atomic mass is 16.1. The molecule has 2 fully saturated rings. The SMILES string of the molecule is CN1CCC(CC(=O)NC2CCC(N)CC2)CC1. The molecule has 0 unspecified atom stereocenters. The van der Waals surface area contributed by atoms with Crippen LogP contribution < -0.4 is 11.1 Å². The average Bonchev–Trinajstić information content (AvgIpc) is 2.35. The Morgan fingerprint density at radius 2 is 1.78 bits per heavy atom. The zero-order valence-electron chi connectivity index (χ0n) is 11.5. The highest BCUT2D eigenvalue weighted by molar-refractivity contribution is 5.76. The lowest BCUT2D eigenvalue weighted by molar-refractivity contribution is -0.123. The topological polar surface area (TPSA) is 58.4 Å². The summed E-state index contributed by atoms with van der Waals surface area (Å²) in [5.74, 6) is 0.845. The van der Waals surface area contributed by atoms with E-state index in [0.717, 1.165) is 45.2 Å². The summed E-state index contributed by atoms with van der Waals surface area (Å²) < 4.78 is 0. The molecule has 1 saturated heterocycles. The number of rotatable bonds is 3. The van der Waals surface area contributed by atoms with Crippen LogP contribution in [0, 0.1) is 5.92 Å². The van der Waals surface area contributed by atoms with E-state index in [9.17, 15) is 4.79 Å². The Labute approximate surface area is 110 Å². The molecule has 0 aromatic carbocycles. The van der Waals surface area contributed by atoms with Crippen molar-refractivity contribution in [3.63, 3.8) is 0 Å². The predicted octanol–water partition coefficient (Wildman–Crippen LogP) is 1.10. The van der Waals surface area contributed by atoms with Gasteiger partial charge < -0.3 is 16.0 Å². The number of carbonyl (C=O) groups excluding carboxylic acids is 1. The second-order valence-electron chi connectivity index (χ2n) is 6.13. The number of likely N-dealkylation sites (tertiary alicyclic amines) is 1. The zero-order chi connectivity index (χ0) is 13.0. The van der Waals surface area contributed by atoms with E-state index >= 15 is 0 Å². The predicted molar refractivity (Wildman–Crippen MR) is 73.2 cm³/mol. The van der Waals surface area contributed by atoms with Gasteiger partial charge in [0.15, 0.2) is 0 Å². The molecule has 4 nitrogen and oxygen atoms in total. The van der Waals surface area contributed by atoms with Crippen molar-refractivity contribution in [1.82, 2.24) is 10.2 Å². The van der Waals surface area contributed by atoms with Gasteiger partial charge in [-0.25, -0.2) is 0 Å². The van der Waals surface area contributed by atoms with Crippen LogP contribution in [0.3, 0.4) is 0 Å². The van der Waals surface area contributed by atoms with Gasteiger partial charge in [0.1, 0.15) is 0 Å². The van der Waals surface area contributed by atoms with Crippen LogP contribution in [0.2, 0.25) is 0 Å². The molecule has 2 rings (SSSR count). The van der Waals surface area contributed by atoms with E-state index in [0.29, 0.717) is 18.0 Å². The fourth-order valence-corrected chi connectivity index (χ4v) is 3.08. The van der Waals surface area contributed by atoms with Crippen LogP contribution in [0.4, 0.5) is 0 Å². The van der Waals surface area contributed by atoms with Crippen molar-refractivity contribution >= 4 is 5.91 Å². The third kappa shape index (κ3) is 4.25. The van der Waals surface area contributed by atoms with E-state index in [4.69, 9.17) is 5.73 Å². The fourth-order valence-electron chi connectivity index (χ4n) is 3.08. The molecular weight excluding hydrogens is 226 g/mol. The highest BCUT2D eigenvalue weighted by Gasteiger charge is 2.23. The average molecular weight is 253 g/mol. The van der Waals surface area contributed by atoms with Crippen LogP contribution in [-0.2, 0) is 4.79 Å². The van der Waals surface area contributed by atoms with Crippen molar-refractivity contribution in [1.29, 1.82) is 0 Å². The van der Waals surface area contributed by atoms with Crippen LogP contribution in [0.15, 0.2) is 0 Å². The molecule has 0 aromatic heterocycles. The molecule has 4 heteroatoms. The maximum absolute atomic E-state index is 12.0. The number of carbonyl (C=O) groups is 1. The molecule has 1 heterocycles. The van der Waals surface area contributed by atoms with Crippen LogP contribution in [-0.4, -0.2) is 43.0 Å². The first-order valence-corrected chi connectivity index (χ1v) is 7.37. The first-order valence-electron chi connectivity index (χ1n) is 7.37. The number of amides is 1. The largest absolute Gasteiger partial charge is 0.353 e. The molecule has 1 aliphatic carbocycles. The summed E-state index contributed by atoms with van der Waals surface area (Å²) in [6, 6.07) is 0.732. The van der Waals surface area contributed by atoms with Gasteiger partial charge >= 0.3 is 0 Å². The number of piperidine rings is 1.